The normalized spacial score (nSPS) is 32.7. The van der Waals surface area contributed by atoms with Gasteiger partial charge in [0.25, 0.3) is 0 Å². The molecule has 0 saturated carbocycles. The standard InChI is InChI=1S/C24H28N2O3/c1-16-3-5-18(6-4-16)10-14-26-15-24-11-7-19(29-24)20(21(24)23(26)28)22(27)25-12-8-17(2)9-13-25/h3-8,11,19-21H,9-10,12-15H2,1-2H3/t19-,20?,21?,24-/m0/s1. The fraction of sp³-hybridized carbons (Fsp3) is 0.500. The summed E-state index contributed by atoms with van der Waals surface area (Å²) in [7, 11) is 0. The average molecular weight is 392 g/mol. The van der Waals surface area contributed by atoms with Crippen molar-refractivity contribution in [3.63, 3.8) is 0 Å². The molecule has 4 atom stereocenters. The Morgan fingerprint density at radius 1 is 1.24 bits per heavy atom. The number of hydrogen-bond donors (Lipinski definition) is 0. The quantitative estimate of drug-likeness (QED) is 0.740. The van der Waals surface area contributed by atoms with Gasteiger partial charge in [0, 0.05) is 19.6 Å². The lowest BCUT2D eigenvalue weighted by molar-refractivity contribution is -0.143. The van der Waals surface area contributed by atoms with Crippen molar-refractivity contribution in [3.8, 4) is 0 Å². The maximum absolute atomic E-state index is 13.3. The number of fused-ring (bicyclic) bond motifs is 1. The Morgan fingerprint density at radius 3 is 2.76 bits per heavy atom. The topological polar surface area (TPSA) is 49.9 Å². The Labute approximate surface area is 172 Å². The summed E-state index contributed by atoms with van der Waals surface area (Å²) in [6.07, 6.45) is 7.62. The Bertz CT molecular complexity index is 903. The minimum absolute atomic E-state index is 0.0729. The predicted octanol–water partition coefficient (Wildman–Crippen LogP) is 2.50. The highest BCUT2D eigenvalue weighted by Crippen LogP contribution is 2.52. The Balaban J connectivity index is 1.32. The minimum atomic E-state index is -0.614. The molecule has 4 aliphatic heterocycles. The van der Waals surface area contributed by atoms with Gasteiger partial charge < -0.3 is 14.5 Å². The maximum atomic E-state index is 13.3. The van der Waals surface area contributed by atoms with Crippen LogP contribution in [0.25, 0.3) is 0 Å². The van der Waals surface area contributed by atoms with Crippen LogP contribution in [0.3, 0.4) is 0 Å². The van der Waals surface area contributed by atoms with E-state index in [1.807, 2.05) is 22.0 Å². The van der Waals surface area contributed by atoms with Gasteiger partial charge in [0.2, 0.25) is 11.8 Å². The van der Waals surface area contributed by atoms with Crippen molar-refractivity contribution in [2.45, 2.75) is 38.4 Å². The van der Waals surface area contributed by atoms with Gasteiger partial charge in [0.1, 0.15) is 5.60 Å². The van der Waals surface area contributed by atoms with Crippen LogP contribution in [-0.2, 0) is 20.7 Å². The van der Waals surface area contributed by atoms with E-state index in [1.54, 1.807) is 0 Å². The van der Waals surface area contributed by atoms with E-state index in [0.29, 0.717) is 19.6 Å². The van der Waals surface area contributed by atoms with Crippen LogP contribution in [-0.4, -0.2) is 59.5 Å². The zero-order valence-corrected chi connectivity index (χ0v) is 17.1. The summed E-state index contributed by atoms with van der Waals surface area (Å²) < 4.78 is 6.26. The van der Waals surface area contributed by atoms with Crippen molar-refractivity contribution >= 4 is 11.8 Å². The molecule has 0 radical (unpaired) electrons. The maximum Gasteiger partial charge on any atom is 0.230 e. The number of likely N-dealkylation sites (tertiary alicyclic amines) is 1. The Kier molecular flexibility index (Phi) is 4.39. The molecule has 2 saturated heterocycles. The zero-order valence-electron chi connectivity index (χ0n) is 17.1. The number of carbonyl (C=O) groups excluding carboxylic acids is 2. The van der Waals surface area contributed by atoms with E-state index in [2.05, 4.69) is 44.2 Å². The number of aryl methyl sites for hydroxylation is 1. The van der Waals surface area contributed by atoms with Crippen LogP contribution in [0.2, 0.25) is 0 Å². The molecule has 2 bridgehead atoms. The second kappa shape index (κ2) is 6.84. The van der Waals surface area contributed by atoms with Gasteiger partial charge in [-0.1, -0.05) is 53.6 Å². The summed E-state index contributed by atoms with van der Waals surface area (Å²) in [5.41, 5.74) is 3.17. The summed E-state index contributed by atoms with van der Waals surface area (Å²) >= 11 is 0. The summed E-state index contributed by atoms with van der Waals surface area (Å²) in [6, 6.07) is 8.45. The second-order valence-electron chi connectivity index (χ2n) is 8.98. The molecule has 0 aliphatic carbocycles. The number of ether oxygens (including phenoxy) is 1. The molecule has 4 aliphatic rings. The van der Waals surface area contributed by atoms with E-state index >= 15 is 0 Å². The number of hydrogen-bond acceptors (Lipinski definition) is 3. The highest BCUT2D eigenvalue weighted by Gasteiger charge is 2.67. The molecule has 1 spiro atoms. The van der Waals surface area contributed by atoms with E-state index in [-0.39, 0.29) is 29.8 Å². The lowest BCUT2D eigenvalue weighted by Crippen LogP contribution is -2.47. The van der Waals surface area contributed by atoms with Crippen molar-refractivity contribution in [1.29, 1.82) is 0 Å². The monoisotopic (exact) mass is 392 g/mol. The van der Waals surface area contributed by atoms with Crippen molar-refractivity contribution in [3.05, 3.63) is 59.2 Å². The molecule has 2 amide bonds. The van der Waals surface area contributed by atoms with Crippen molar-refractivity contribution < 1.29 is 14.3 Å². The molecular weight excluding hydrogens is 364 g/mol. The highest BCUT2D eigenvalue weighted by molar-refractivity contribution is 5.93. The van der Waals surface area contributed by atoms with E-state index < -0.39 is 5.60 Å². The van der Waals surface area contributed by atoms with Crippen LogP contribution in [0.5, 0.6) is 0 Å². The molecular formula is C24H28N2O3. The van der Waals surface area contributed by atoms with Gasteiger partial charge in [0.15, 0.2) is 0 Å². The molecule has 0 aromatic heterocycles. The first kappa shape index (κ1) is 18.6. The van der Waals surface area contributed by atoms with Crippen LogP contribution in [0.1, 0.15) is 24.5 Å². The molecule has 1 aromatic carbocycles. The Hall–Kier alpha value is -2.40. The molecule has 29 heavy (non-hydrogen) atoms. The largest absolute Gasteiger partial charge is 0.360 e. The smallest absolute Gasteiger partial charge is 0.230 e. The number of rotatable bonds is 4. The van der Waals surface area contributed by atoms with E-state index in [4.69, 9.17) is 4.74 Å². The van der Waals surface area contributed by atoms with E-state index in [9.17, 15) is 9.59 Å². The molecule has 1 aromatic rings. The summed E-state index contributed by atoms with van der Waals surface area (Å²) in [5, 5.41) is 0. The number of benzene rings is 1. The summed E-state index contributed by atoms with van der Waals surface area (Å²) in [6.45, 7) is 6.77. The first-order valence-corrected chi connectivity index (χ1v) is 10.6. The molecule has 2 fully saturated rings. The summed E-state index contributed by atoms with van der Waals surface area (Å²) in [4.78, 5) is 30.4. The minimum Gasteiger partial charge on any atom is -0.360 e. The van der Waals surface area contributed by atoms with Crippen molar-refractivity contribution in [2.24, 2.45) is 11.8 Å². The van der Waals surface area contributed by atoms with Crippen LogP contribution < -0.4 is 0 Å². The molecule has 0 N–H and O–H groups in total. The van der Waals surface area contributed by atoms with Crippen molar-refractivity contribution in [2.75, 3.05) is 26.2 Å². The lowest BCUT2D eigenvalue weighted by Gasteiger charge is -2.31. The van der Waals surface area contributed by atoms with E-state index in [1.165, 1.54) is 16.7 Å². The van der Waals surface area contributed by atoms with Crippen molar-refractivity contribution in [1.82, 2.24) is 9.80 Å². The fourth-order valence-electron chi connectivity index (χ4n) is 5.25. The average Bonchev–Trinajstić information content (AvgIpc) is 3.36. The van der Waals surface area contributed by atoms with Gasteiger partial charge in [-0.15, -0.1) is 0 Å². The van der Waals surface area contributed by atoms with Crippen LogP contribution >= 0.6 is 0 Å². The molecule has 5 heteroatoms. The number of carbonyl (C=O) groups is 2. The highest BCUT2D eigenvalue weighted by atomic mass is 16.5. The SMILES string of the molecule is CC1=CCN(C(=O)C2C3C(=O)N(CCc4ccc(C)cc4)C[C@@]34C=C[C@@H]2O4)CC1. The predicted molar refractivity (Wildman–Crippen MR) is 110 cm³/mol. The van der Waals surface area contributed by atoms with Gasteiger partial charge in [0.05, 0.1) is 24.5 Å². The fourth-order valence-corrected chi connectivity index (χ4v) is 5.25. The zero-order chi connectivity index (χ0) is 20.2. The Morgan fingerprint density at radius 2 is 2.03 bits per heavy atom. The van der Waals surface area contributed by atoms with Gasteiger partial charge in [-0.2, -0.15) is 0 Å². The first-order valence-electron chi connectivity index (χ1n) is 10.6. The van der Waals surface area contributed by atoms with Crippen LogP contribution in [0.4, 0.5) is 0 Å². The summed E-state index contributed by atoms with van der Waals surface area (Å²) in [5.74, 6) is -0.617. The van der Waals surface area contributed by atoms with Gasteiger partial charge in [-0.05, 0) is 32.3 Å². The van der Waals surface area contributed by atoms with Gasteiger partial charge in [-0.3, -0.25) is 9.59 Å². The third-order valence-corrected chi connectivity index (χ3v) is 7.00. The third-order valence-electron chi connectivity index (χ3n) is 7.00. The molecule has 152 valence electrons. The molecule has 5 nitrogen and oxygen atoms in total. The lowest BCUT2D eigenvalue weighted by atomic mass is 9.76. The van der Waals surface area contributed by atoms with Crippen LogP contribution in [0, 0.1) is 18.8 Å². The number of amides is 2. The van der Waals surface area contributed by atoms with Gasteiger partial charge in [-0.25, -0.2) is 0 Å². The van der Waals surface area contributed by atoms with Gasteiger partial charge >= 0.3 is 0 Å². The third kappa shape index (κ3) is 3.03. The van der Waals surface area contributed by atoms with E-state index in [0.717, 1.165) is 19.4 Å². The number of nitrogens with zero attached hydrogens (tertiary/aromatic N) is 2. The molecule has 2 unspecified atom stereocenters. The second-order valence-corrected chi connectivity index (χ2v) is 8.98. The first-order chi connectivity index (χ1) is 14.0. The molecule has 4 heterocycles. The molecule has 5 rings (SSSR count). The van der Waals surface area contributed by atoms with Crippen LogP contribution in [0.15, 0.2) is 48.1 Å².